The van der Waals surface area contributed by atoms with Crippen molar-refractivity contribution in [2.75, 3.05) is 24.2 Å². The van der Waals surface area contributed by atoms with Crippen LogP contribution in [-0.4, -0.2) is 51.0 Å². The van der Waals surface area contributed by atoms with E-state index < -0.39 is 16.1 Å². The molecule has 0 unspecified atom stereocenters. The van der Waals surface area contributed by atoms with Gasteiger partial charge in [-0.2, -0.15) is 0 Å². The van der Waals surface area contributed by atoms with Crippen molar-refractivity contribution in [3.63, 3.8) is 0 Å². The molecule has 0 aromatic heterocycles. The summed E-state index contributed by atoms with van der Waals surface area (Å²) in [6.07, 6.45) is 1.94. The lowest BCUT2D eigenvalue weighted by Crippen LogP contribution is -2.48. The molecular weight excluding hydrogens is 497 g/mol. The number of rotatable bonds is 11. The van der Waals surface area contributed by atoms with E-state index in [-0.39, 0.29) is 31.3 Å². The van der Waals surface area contributed by atoms with Crippen LogP contribution in [0.5, 0.6) is 0 Å². The van der Waals surface area contributed by atoms with E-state index >= 15 is 0 Å². The Morgan fingerprint density at radius 2 is 1.79 bits per heavy atom. The van der Waals surface area contributed by atoms with Gasteiger partial charge in [-0.05, 0) is 55.2 Å². The van der Waals surface area contributed by atoms with Crippen molar-refractivity contribution in [3.8, 4) is 0 Å². The molecule has 0 aliphatic carbocycles. The molecule has 186 valence electrons. The number of hydrogen-bond donors (Lipinski definition) is 1. The molecule has 7 nitrogen and oxygen atoms in total. The number of aryl methyl sites for hydroxylation is 1. The fourth-order valence-electron chi connectivity index (χ4n) is 3.71. The summed E-state index contributed by atoms with van der Waals surface area (Å²) >= 11 is 12.1. The number of sulfonamides is 1. The monoisotopic (exact) mass is 527 g/mol. The predicted molar refractivity (Wildman–Crippen MR) is 138 cm³/mol. The van der Waals surface area contributed by atoms with E-state index in [1.807, 2.05) is 19.9 Å². The van der Waals surface area contributed by atoms with E-state index in [4.69, 9.17) is 23.2 Å². The highest BCUT2D eigenvalue weighted by Gasteiger charge is 2.28. The van der Waals surface area contributed by atoms with Crippen molar-refractivity contribution in [1.29, 1.82) is 0 Å². The summed E-state index contributed by atoms with van der Waals surface area (Å²) in [6.45, 7) is 4.04. The molecule has 0 bridgehead atoms. The number of amides is 2. The summed E-state index contributed by atoms with van der Waals surface area (Å²) in [5.41, 5.74) is 2.23. The number of carbonyl (C=O) groups excluding carboxylic acids is 2. The molecule has 0 radical (unpaired) electrons. The van der Waals surface area contributed by atoms with Gasteiger partial charge in [0.25, 0.3) is 0 Å². The Morgan fingerprint density at radius 1 is 1.09 bits per heavy atom. The van der Waals surface area contributed by atoms with Gasteiger partial charge in [0, 0.05) is 26.6 Å². The lowest BCUT2D eigenvalue weighted by atomic mass is 10.1. The molecule has 1 N–H and O–H groups in total. The molecule has 0 aliphatic rings. The van der Waals surface area contributed by atoms with Gasteiger partial charge >= 0.3 is 0 Å². The first-order chi connectivity index (χ1) is 16.0. The topological polar surface area (TPSA) is 86.8 Å². The fraction of sp³-hybridized carbons (Fsp3) is 0.417. The average molecular weight is 529 g/mol. The van der Waals surface area contributed by atoms with Crippen molar-refractivity contribution in [3.05, 3.63) is 63.6 Å². The number of nitrogens with zero attached hydrogens (tertiary/aromatic N) is 2. The molecule has 0 fully saturated rings. The third-order valence-electron chi connectivity index (χ3n) is 5.41. The van der Waals surface area contributed by atoms with E-state index in [9.17, 15) is 18.0 Å². The largest absolute Gasteiger partial charge is 0.357 e. The number of nitrogens with one attached hydrogen (secondary N) is 1. The first-order valence-corrected chi connectivity index (χ1v) is 13.6. The molecule has 2 rings (SSSR count). The van der Waals surface area contributed by atoms with Gasteiger partial charge in [-0.3, -0.25) is 13.9 Å². The second-order valence-corrected chi connectivity index (χ2v) is 10.8. The molecule has 1 atom stereocenters. The van der Waals surface area contributed by atoms with Crippen molar-refractivity contribution in [2.45, 2.75) is 45.7 Å². The predicted octanol–water partition coefficient (Wildman–Crippen LogP) is 4.40. The molecular formula is C24H31Cl2N3O4S. The molecule has 0 heterocycles. The van der Waals surface area contributed by atoms with Gasteiger partial charge < -0.3 is 10.2 Å². The van der Waals surface area contributed by atoms with Crippen LogP contribution in [0.3, 0.4) is 0 Å². The molecule has 10 heteroatoms. The Kier molecular flexibility index (Phi) is 10.2. The second kappa shape index (κ2) is 12.4. The van der Waals surface area contributed by atoms with Crippen LogP contribution in [0, 0.1) is 6.92 Å². The number of anilines is 1. The van der Waals surface area contributed by atoms with E-state index in [2.05, 4.69) is 5.32 Å². The van der Waals surface area contributed by atoms with Gasteiger partial charge in [0.05, 0.1) is 22.0 Å². The van der Waals surface area contributed by atoms with Gasteiger partial charge in [-0.1, -0.05) is 48.3 Å². The summed E-state index contributed by atoms with van der Waals surface area (Å²) in [5.74, 6) is -0.521. The molecule has 0 saturated carbocycles. The zero-order chi connectivity index (χ0) is 25.5. The SMILES string of the molecule is CC[C@H](C(=O)NC)N(Cc1ccc(Cl)c(Cl)c1)C(=O)CCCN(c1cccc(C)c1)S(C)(=O)=O. The third kappa shape index (κ3) is 7.61. The van der Waals surface area contributed by atoms with Crippen LogP contribution in [0.4, 0.5) is 5.69 Å². The van der Waals surface area contributed by atoms with E-state index in [0.29, 0.717) is 28.6 Å². The fourth-order valence-corrected chi connectivity index (χ4v) is 4.99. The molecule has 34 heavy (non-hydrogen) atoms. The molecule has 0 aliphatic heterocycles. The first-order valence-electron chi connectivity index (χ1n) is 11.0. The van der Waals surface area contributed by atoms with Gasteiger partial charge in [0.15, 0.2) is 0 Å². The van der Waals surface area contributed by atoms with Crippen LogP contribution in [0.15, 0.2) is 42.5 Å². The number of carbonyl (C=O) groups is 2. The van der Waals surface area contributed by atoms with E-state index in [0.717, 1.165) is 17.4 Å². The molecule has 0 spiro atoms. The van der Waals surface area contributed by atoms with Crippen LogP contribution in [-0.2, 0) is 26.2 Å². The Balaban J connectivity index is 2.21. The maximum absolute atomic E-state index is 13.3. The van der Waals surface area contributed by atoms with Gasteiger partial charge in [0.2, 0.25) is 21.8 Å². The smallest absolute Gasteiger partial charge is 0.242 e. The highest BCUT2D eigenvalue weighted by atomic mass is 35.5. The van der Waals surface area contributed by atoms with Gasteiger partial charge in [-0.15, -0.1) is 0 Å². The molecule has 2 aromatic rings. The summed E-state index contributed by atoms with van der Waals surface area (Å²) in [7, 11) is -2.01. The Morgan fingerprint density at radius 3 is 2.35 bits per heavy atom. The maximum Gasteiger partial charge on any atom is 0.242 e. The standard InChI is InChI=1S/C24H31Cl2N3O4S/c1-5-22(24(31)27-3)28(16-18-11-12-20(25)21(26)15-18)23(30)10-7-13-29(34(4,32)33)19-9-6-8-17(2)14-19/h6,8-9,11-12,14-15,22H,5,7,10,13,16H2,1-4H3,(H,27,31)/t22-/m1/s1. The quantitative estimate of drug-likeness (QED) is 0.469. The Labute approximate surface area is 212 Å². The number of benzene rings is 2. The summed E-state index contributed by atoms with van der Waals surface area (Å²) in [5, 5.41) is 3.38. The lowest BCUT2D eigenvalue weighted by Gasteiger charge is -2.31. The normalized spacial score (nSPS) is 12.2. The van der Waals surface area contributed by atoms with E-state index in [1.165, 1.54) is 16.3 Å². The molecule has 0 saturated heterocycles. The van der Waals surface area contributed by atoms with Crippen molar-refractivity contribution >= 4 is 50.7 Å². The van der Waals surface area contributed by atoms with Crippen molar-refractivity contribution in [2.24, 2.45) is 0 Å². The van der Waals surface area contributed by atoms with Crippen LogP contribution in [0.1, 0.15) is 37.3 Å². The molecule has 2 amide bonds. The lowest BCUT2D eigenvalue weighted by molar-refractivity contribution is -0.141. The minimum absolute atomic E-state index is 0.0760. The zero-order valence-electron chi connectivity index (χ0n) is 19.8. The highest BCUT2D eigenvalue weighted by Crippen LogP contribution is 2.25. The summed E-state index contributed by atoms with van der Waals surface area (Å²) in [4.78, 5) is 27.3. The highest BCUT2D eigenvalue weighted by molar-refractivity contribution is 7.92. The minimum atomic E-state index is -3.53. The number of hydrogen-bond acceptors (Lipinski definition) is 4. The summed E-state index contributed by atoms with van der Waals surface area (Å²) < 4.78 is 26.1. The minimum Gasteiger partial charge on any atom is -0.357 e. The van der Waals surface area contributed by atoms with Crippen molar-refractivity contribution in [1.82, 2.24) is 10.2 Å². The Hall–Kier alpha value is -2.29. The van der Waals surface area contributed by atoms with Gasteiger partial charge in [-0.25, -0.2) is 8.42 Å². The Bertz CT molecular complexity index is 1120. The van der Waals surface area contributed by atoms with Crippen LogP contribution < -0.4 is 9.62 Å². The summed E-state index contributed by atoms with van der Waals surface area (Å²) in [6, 6.07) is 11.6. The van der Waals surface area contributed by atoms with Crippen LogP contribution in [0.2, 0.25) is 10.0 Å². The molecule has 2 aromatic carbocycles. The zero-order valence-corrected chi connectivity index (χ0v) is 22.2. The van der Waals surface area contributed by atoms with Crippen LogP contribution in [0.25, 0.3) is 0 Å². The first kappa shape index (κ1) is 28.0. The van der Waals surface area contributed by atoms with Crippen LogP contribution >= 0.6 is 23.2 Å². The second-order valence-electron chi connectivity index (χ2n) is 8.09. The van der Waals surface area contributed by atoms with E-state index in [1.54, 1.807) is 36.4 Å². The maximum atomic E-state index is 13.3. The van der Waals surface area contributed by atoms with Crippen molar-refractivity contribution < 1.29 is 18.0 Å². The number of likely N-dealkylation sites (N-methyl/N-ethyl adjacent to an activating group) is 1. The van der Waals surface area contributed by atoms with Gasteiger partial charge in [0.1, 0.15) is 6.04 Å². The average Bonchev–Trinajstić information content (AvgIpc) is 2.77. The third-order valence-corrected chi connectivity index (χ3v) is 7.34. The number of halogens is 2.